The van der Waals surface area contributed by atoms with Crippen LogP contribution in [0.15, 0.2) is 52.4 Å². The van der Waals surface area contributed by atoms with E-state index in [9.17, 15) is 4.79 Å². The Morgan fingerprint density at radius 1 is 1.24 bits per heavy atom. The van der Waals surface area contributed by atoms with Crippen LogP contribution >= 0.6 is 11.3 Å². The fourth-order valence-electron chi connectivity index (χ4n) is 3.71. The van der Waals surface area contributed by atoms with Gasteiger partial charge in [0.1, 0.15) is 5.75 Å². The van der Waals surface area contributed by atoms with Crippen LogP contribution in [-0.4, -0.2) is 42.7 Å². The van der Waals surface area contributed by atoms with Crippen molar-refractivity contribution < 1.29 is 14.1 Å². The summed E-state index contributed by atoms with van der Waals surface area (Å²) in [4.78, 5) is 16.1. The normalized spacial score (nSPS) is 15.8. The number of nitrogens with zero attached hydrogens (tertiary/aromatic N) is 2. The first-order valence-corrected chi connectivity index (χ1v) is 10.8. The van der Waals surface area contributed by atoms with Crippen LogP contribution in [0.4, 0.5) is 0 Å². The predicted molar refractivity (Wildman–Crippen MR) is 113 cm³/mol. The monoisotopic (exact) mass is 411 g/mol. The lowest BCUT2D eigenvalue weighted by molar-refractivity contribution is 0.0915. The molecule has 1 saturated heterocycles. The van der Waals surface area contributed by atoms with Gasteiger partial charge in [0.15, 0.2) is 11.5 Å². The van der Waals surface area contributed by atoms with Gasteiger partial charge >= 0.3 is 0 Å². The van der Waals surface area contributed by atoms with Gasteiger partial charge in [-0.1, -0.05) is 29.8 Å². The maximum atomic E-state index is 12.7. The molecule has 1 aromatic carbocycles. The molecule has 0 aliphatic carbocycles. The lowest BCUT2D eigenvalue weighted by Gasteiger charge is -2.35. The van der Waals surface area contributed by atoms with Crippen molar-refractivity contribution in [3.8, 4) is 16.4 Å². The summed E-state index contributed by atoms with van der Waals surface area (Å²) < 4.78 is 10.6. The van der Waals surface area contributed by atoms with Gasteiger partial charge in [-0.3, -0.25) is 9.69 Å². The highest BCUT2D eigenvalue weighted by Gasteiger charge is 2.24. The second-order valence-corrected chi connectivity index (χ2v) is 8.10. The third-order valence-electron chi connectivity index (χ3n) is 5.29. The summed E-state index contributed by atoms with van der Waals surface area (Å²) in [6.07, 6.45) is 3.64. The third kappa shape index (κ3) is 4.68. The number of ether oxygens (including phenoxy) is 1. The van der Waals surface area contributed by atoms with Gasteiger partial charge in [-0.2, -0.15) is 0 Å². The van der Waals surface area contributed by atoms with Crippen LogP contribution in [0.2, 0.25) is 0 Å². The lowest BCUT2D eigenvalue weighted by atomic mass is 10.0. The smallest absolute Gasteiger partial charge is 0.273 e. The van der Waals surface area contributed by atoms with Crippen LogP contribution in [0, 0.1) is 0 Å². The summed E-state index contributed by atoms with van der Waals surface area (Å²) >= 11 is 1.56. The highest BCUT2D eigenvalue weighted by molar-refractivity contribution is 7.13. The molecule has 2 aromatic heterocycles. The van der Waals surface area contributed by atoms with Crippen molar-refractivity contribution in [1.29, 1.82) is 0 Å². The van der Waals surface area contributed by atoms with E-state index in [0.29, 0.717) is 18.0 Å². The Bertz CT molecular complexity index is 915. The largest absolute Gasteiger partial charge is 0.497 e. The number of carbonyl (C=O) groups excluding carboxylic acids is 1. The van der Waals surface area contributed by atoms with Crippen LogP contribution < -0.4 is 10.1 Å². The molecule has 0 bridgehead atoms. The molecule has 1 aliphatic rings. The fraction of sp³-hybridized carbons (Fsp3) is 0.364. The second-order valence-electron chi connectivity index (χ2n) is 7.15. The van der Waals surface area contributed by atoms with Gasteiger partial charge < -0.3 is 14.6 Å². The number of carbonyl (C=O) groups is 1. The van der Waals surface area contributed by atoms with Gasteiger partial charge in [0.05, 0.1) is 18.0 Å². The van der Waals surface area contributed by atoms with E-state index in [2.05, 4.69) is 27.5 Å². The molecule has 1 N–H and O–H groups in total. The zero-order valence-electron chi connectivity index (χ0n) is 16.5. The topological polar surface area (TPSA) is 67.6 Å². The number of methoxy groups -OCH3 is 1. The molecular weight excluding hydrogens is 386 g/mol. The molecule has 3 aromatic rings. The highest BCUT2D eigenvalue weighted by atomic mass is 32.1. The maximum Gasteiger partial charge on any atom is 0.273 e. The SMILES string of the molecule is COc1ccc([C@@H](CNC(=O)c2cc(-c3cccs3)on2)N2CCCCC2)cc1. The van der Waals surface area contributed by atoms with Crippen molar-refractivity contribution in [2.45, 2.75) is 25.3 Å². The van der Waals surface area contributed by atoms with E-state index >= 15 is 0 Å². The molecule has 6 nitrogen and oxygen atoms in total. The second kappa shape index (κ2) is 9.24. The van der Waals surface area contributed by atoms with E-state index in [4.69, 9.17) is 9.26 Å². The van der Waals surface area contributed by atoms with Crippen LogP contribution in [0.5, 0.6) is 5.75 Å². The molecule has 1 atom stereocenters. The van der Waals surface area contributed by atoms with Crippen LogP contribution in [0.1, 0.15) is 41.4 Å². The molecule has 1 aliphatic heterocycles. The predicted octanol–water partition coefficient (Wildman–Crippen LogP) is 4.37. The van der Waals surface area contributed by atoms with Gasteiger partial charge in [-0.15, -0.1) is 11.3 Å². The van der Waals surface area contributed by atoms with Gasteiger partial charge in [0.2, 0.25) is 0 Å². The Hall–Kier alpha value is -2.64. The molecule has 1 amide bonds. The van der Waals surface area contributed by atoms with Gasteiger partial charge in [0, 0.05) is 12.6 Å². The molecule has 29 heavy (non-hydrogen) atoms. The van der Waals surface area contributed by atoms with E-state index in [0.717, 1.165) is 23.7 Å². The van der Waals surface area contributed by atoms with Crippen molar-refractivity contribution in [2.75, 3.05) is 26.7 Å². The molecule has 152 valence electrons. The van der Waals surface area contributed by atoms with E-state index in [1.807, 2.05) is 29.6 Å². The van der Waals surface area contributed by atoms with Crippen LogP contribution in [0.3, 0.4) is 0 Å². The minimum Gasteiger partial charge on any atom is -0.497 e. The van der Waals surface area contributed by atoms with Crippen molar-refractivity contribution >= 4 is 17.2 Å². The number of piperidine rings is 1. The van der Waals surface area contributed by atoms with E-state index < -0.39 is 0 Å². The van der Waals surface area contributed by atoms with Crippen molar-refractivity contribution in [1.82, 2.24) is 15.4 Å². The minimum atomic E-state index is -0.216. The summed E-state index contributed by atoms with van der Waals surface area (Å²) in [7, 11) is 1.67. The summed E-state index contributed by atoms with van der Waals surface area (Å²) in [5.41, 5.74) is 1.48. The number of rotatable bonds is 7. The zero-order chi connectivity index (χ0) is 20.1. The van der Waals surface area contributed by atoms with E-state index in [-0.39, 0.29) is 11.9 Å². The van der Waals surface area contributed by atoms with Crippen molar-refractivity contribution in [3.63, 3.8) is 0 Å². The average molecular weight is 412 g/mol. The summed E-state index contributed by atoms with van der Waals surface area (Å²) in [5, 5.41) is 8.97. The van der Waals surface area contributed by atoms with E-state index in [1.54, 1.807) is 24.5 Å². The molecule has 0 saturated carbocycles. The van der Waals surface area contributed by atoms with Gasteiger partial charge in [-0.05, 0) is 55.1 Å². The number of benzene rings is 1. The molecule has 3 heterocycles. The molecular formula is C22H25N3O3S. The summed E-state index contributed by atoms with van der Waals surface area (Å²) in [6, 6.07) is 13.8. The molecule has 0 spiro atoms. The summed E-state index contributed by atoms with van der Waals surface area (Å²) in [6.45, 7) is 2.60. The molecule has 0 unspecified atom stereocenters. The average Bonchev–Trinajstić information content (AvgIpc) is 3.47. The minimum absolute atomic E-state index is 0.119. The van der Waals surface area contributed by atoms with Crippen molar-refractivity contribution in [2.24, 2.45) is 0 Å². The maximum absolute atomic E-state index is 12.7. The Labute approximate surface area is 174 Å². The molecule has 4 rings (SSSR count). The summed E-state index contributed by atoms with van der Waals surface area (Å²) in [5.74, 6) is 1.24. The third-order valence-corrected chi connectivity index (χ3v) is 6.18. The van der Waals surface area contributed by atoms with Crippen LogP contribution in [0.25, 0.3) is 10.6 Å². The number of nitrogens with one attached hydrogen (secondary N) is 1. The fourth-order valence-corrected chi connectivity index (χ4v) is 4.38. The first-order valence-electron chi connectivity index (χ1n) is 9.91. The molecule has 1 fully saturated rings. The standard InChI is InChI=1S/C22H25N3O3S/c1-27-17-9-7-16(8-10-17)19(25-11-3-2-4-12-25)15-23-22(26)18-14-20(28-24-18)21-6-5-13-29-21/h5-10,13-14,19H,2-4,11-12,15H2,1H3,(H,23,26)/t19-/m1/s1. The number of aromatic nitrogens is 1. The Morgan fingerprint density at radius 2 is 2.03 bits per heavy atom. The Morgan fingerprint density at radius 3 is 2.72 bits per heavy atom. The van der Waals surface area contributed by atoms with Gasteiger partial charge in [0.25, 0.3) is 5.91 Å². The number of likely N-dealkylation sites (tertiary alicyclic amines) is 1. The molecule has 7 heteroatoms. The quantitative estimate of drug-likeness (QED) is 0.625. The van der Waals surface area contributed by atoms with Crippen molar-refractivity contribution in [3.05, 3.63) is 59.1 Å². The zero-order valence-corrected chi connectivity index (χ0v) is 17.3. The number of amides is 1. The number of thiophene rings is 1. The first-order chi connectivity index (χ1) is 14.2. The van der Waals surface area contributed by atoms with E-state index in [1.165, 1.54) is 24.8 Å². The number of hydrogen-bond donors (Lipinski definition) is 1. The number of hydrogen-bond acceptors (Lipinski definition) is 6. The first kappa shape index (κ1) is 19.7. The van der Waals surface area contributed by atoms with Crippen LogP contribution in [-0.2, 0) is 0 Å². The lowest BCUT2D eigenvalue weighted by Crippen LogP contribution is -2.40. The molecule has 0 radical (unpaired) electrons. The van der Waals surface area contributed by atoms with Gasteiger partial charge in [-0.25, -0.2) is 0 Å². The Balaban J connectivity index is 1.46. The highest BCUT2D eigenvalue weighted by Crippen LogP contribution is 2.27. The Kier molecular flexibility index (Phi) is 6.27.